The van der Waals surface area contributed by atoms with Crippen LogP contribution in [0.3, 0.4) is 0 Å². The first-order valence-electron chi connectivity index (χ1n) is 11.2. The molecule has 1 unspecified atom stereocenters. The summed E-state index contributed by atoms with van der Waals surface area (Å²) in [5.74, 6) is -2.11. The van der Waals surface area contributed by atoms with Crippen molar-refractivity contribution in [2.45, 2.75) is 12.5 Å². The zero-order valence-corrected chi connectivity index (χ0v) is 19.2. The van der Waals surface area contributed by atoms with Crippen LogP contribution in [0.15, 0.2) is 97.1 Å². The van der Waals surface area contributed by atoms with Gasteiger partial charge in [-0.1, -0.05) is 48.6 Å². The van der Waals surface area contributed by atoms with E-state index in [9.17, 15) is 14.4 Å². The molecule has 1 aliphatic heterocycles. The summed E-state index contributed by atoms with van der Waals surface area (Å²) in [5.41, 5.74) is 0.415. The van der Waals surface area contributed by atoms with E-state index in [2.05, 4.69) is 0 Å². The molecule has 178 valence electrons. The van der Waals surface area contributed by atoms with Crippen molar-refractivity contribution in [2.75, 3.05) is 13.7 Å². The molecule has 0 bridgehead atoms. The summed E-state index contributed by atoms with van der Waals surface area (Å²) in [4.78, 5) is 41.6. The van der Waals surface area contributed by atoms with E-state index < -0.39 is 23.9 Å². The number of nitrogens with zero attached hydrogens (tertiary/aromatic N) is 1. The molecule has 0 radical (unpaired) electrons. The molecule has 0 saturated carbocycles. The van der Waals surface area contributed by atoms with Gasteiger partial charge in [0.05, 0.1) is 13.2 Å². The maximum atomic E-state index is 13.4. The molecular weight excluding hydrogens is 446 g/mol. The fourth-order valence-corrected chi connectivity index (χ4v) is 3.84. The number of rotatable bonds is 7. The standard InChI is InChI=1S/C28H25NO6/c1-33-21-17-15-20(16-18-21)26(30)29-19-9-8-14-24(29)25(27(31)34-22-10-4-2-5-11-22)28(32)35-23-12-6-3-7-13-23/h2-8,10-18,24-25H,9,19H2,1H3. The molecule has 1 aliphatic rings. The smallest absolute Gasteiger partial charge is 0.328 e. The molecular formula is C28H25NO6. The second-order valence-electron chi connectivity index (χ2n) is 7.88. The molecule has 0 fully saturated rings. The lowest BCUT2D eigenvalue weighted by atomic mass is 9.94. The second-order valence-corrected chi connectivity index (χ2v) is 7.88. The van der Waals surface area contributed by atoms with E-state index in [4.69, 9.17) is 14.2 Å². The Balaban J connectivity index is 1.65. The normalized spacial score (nSPS) is 14.9. The third kappa shape index (κ3) is 5.76. The van der Waals surface area contributed by atoms with Gasteiger partial charge in [0.2, 0.25) is 0 Å². The number of carbonyl (C=O) groups excluding carboxylic acids is 3. The van der Waals surface area contributed by atoms with Crippen molar-refractivity contribution < 1.29 is 28.6 Å². The second kappa shape index (κ2) is 11.2. The summed E-state index contributed by atoms with van der Waals surface area (Å²) in [6.45, 7) is 0.333. The van der Waals surface area contributed by atoms with Crippen LogP contribution in [0, 0.1) is 5.92 Å². The van der Waals surface area contributed by atoms with Crippen LogP contribution in [0.25, 0.3) is 0 Å². The third-order valence-electron chi connectivity index (χ3n) is 5.60. The Morgan fingerprint density at radius 1 is 0.771 bits per heavy atom. The lowest BCUT2D eigenvalue weighted by Gasteiger charge is -2.35. The molecule has 1 atom stereocenters. The largest absolute Gasteiger partial charge is 0.497 e. The zero-order valence-electron chi connectivity index (χ0n) is 19.2. The number of benzene rings is 3. The fraction of sp³-hybridized carbons (Fsp3) is 0.179. The first-order valence-corrected chi connectivity index (χ1v) is 11.2. The maximum absolute atomic E-state index is 13.4. The highest BCUT2D eigenvalue weighted by molar-refractivity contribution is 6.00. The number of hydrogen-bond acceptors (Lipinski definition) is 6. The highest BCUT2D eigenvalue weighted by Crippen LogP contribution is 2.26. The molecule has 3 aromatic rings. The average Bonchev–Trinajstić information content (AvgIpc) is 2.90. The van der Waals surface area contributed by atoms with Crippen molar-refractivity contribution in [3.05, 3.63) is 103 Å². The van der Waals surface area contributed by atoms with Gasteiger partial charge in [0.15, 0.2) is 5.92 Å². The van der Waals surface area contributed by atoms with Gasteiger partial charge in [0, 0.05) is 12.1 Å². The summed E-state index contributed by atoms with van der Waals surface area (Å²) < 4.78 is 16.2. The van der Waals surface area contributed by atoms with Crippen LogP contribution < -0.4 is 14.2 Å². The van der Waals surface area contributed by atoms with Crippen LogP contribution in [0.2, 0.25) is 0 Å². The first-order chi connectivity index (χ1) is 17.1. The summed E-state index contributed by atoms with van der Waals surface area (Å²) in [6, 6.07) is 22.7. The fourth-order valence-electron chi connectivity index (χ4n) is 3.84. The summed E-state index contributed by atoms with van der Waals surface area (Å²) in [7, 11) is 1.55. The van der Waals surface area contributed by atoms with Crippen LogP contribution in [-0.4, -0.2) is 42.4 Å². The number of para-hydroxylation sites is 2. The van der Waals surface area contributed by atoms with Gasteiger partial charge in [0.25, 0.3) is 5.91 Å². The topological polar surface area (TPSA) is 82.1 Å². The minimum atomic E-state index is -1.39. The Labute approximate surface area is 203 Å². The van der Waals surface area contributed by atoms with Crippen molar-refractivity contribution in [3.8, 4) is 17.2 Å². The summed E-state index contributed by atoms with van der Waals surface area (Å²) in [5, 5.41) is 0. The minimum Gasteiger partial charge on any atom is -0.497 e. The van der Waals surface area contributed by atoms with E-state index in [0.29, 0.717) is 35.8 Å². The zero-order chi connectivity index (χ0) is 24.6. The quantitative estimate of drug-likeness (QED) is 0.221. The molecule has 0 aliphatic carbocycles. The van der Waals surface area contributed by atoms with Crippen LogP contribution in [0.1, 0.15) is 16.8 Å². The Kier molecular flexibility index (Phi) is 7.57. The van der Waals surface area contributed by atoms with Crippen molar-refractivity contribution in [1.29, 1.82) is 0 Å². The monoisotopic (exact) mass is 471 g/mol. The number of esters is 2. The van der Waals surface area contributed by atoms with Gasteiger partial charge in [-0.2, -0.15) is 0 Å². The number of amides is 1. The first kappa shape index (κ1) is 23.8. The van der Waals surface area contributed by atoms with Crippen molar-refractivity contribution in [1.82, 2.24) is 4.90 Å². The predicted molar refractivity (Wildman–Crippen MR) is 129 cm³/mol. The lowest BCUT2D eigenvalue weighted by Crippen LogP contribution is -2.52. The highest BCUT2D eigenvalue weighted by Gasteiger charge is 2.42. The molecule has 0 aromatic heterocycles. The third-order valence-corrected chi connectivity index (χ3v) is 5.60. The Bertz CT molecular complexity index is 1140. The van der Waals surface area contributed by atoms with Gasteiger partial charge in [-0.05, 0) is 55.0 Å². The molecule has 3 aromatic carbocycles. The van der Waals surface area contributed by atoms with Gasteiger partial charge in [-0.15, -0.1) is 0 Å². The Hall–Kier alpha value is -4.39. The van der Waals surface area contributed by atoms with Crippen molar-refractivity contribution >= 4 is 17.8 Å². The van der Waals surface area contributed by atoms with E-state index >= 15 is 0 Å². The van der Waals surface area contributed by atoms with Crippen LogP contribution >= 0.6 is 0 Å². The molecule has 0 saturated heterocycles. The van der Waals surface area contributed by atoms with Gasteiger partial charge < -0.3 is 19.1 Å². The molecule has 0 spiro atoms. The highest BCUT2D eigenvalue weighted by atomic mass is 16.6. The average molecular weight is 472 g/mol. The van der Waals surface area contributed by atoms with Crippen LogP contribution in [-0.2, 0) is 9.59 Å². The number of methoxy groups -OCH3 is 1. The SMILES string of the molecule is COc1ccc(C(=O)N2CCC=CC2C(C(=O)Oc2ccccc2)C(=O)Oc2ccccc2)cc1. The van der Waals surface area contributed by atoms with E-state index in [1.807, 2.05) is 6.08 Å². The molecule has 4 rings (SSSR count). The summed E-state index contributed by atoms with van der Waals surface area (Å²) in [6.07, 6.45) is 4.13. The molecule has 7 heteroatoms. The van der Waals surface area contributed by atoms with Crippen molar-refractivity contribution in [3.63, 3.8) is 0 Å². The Morgan fingerprint density at radius 2 is 1.31 bits per heavy atom. The number of ether oxygens (including phenoxy) is 3. The van der Waals surface area contributed by atoms with Crippen LogP contribution in [0.5, 0.6) is 17.2 Å². The van der Waals surface area contributed by atoms with Crippen molar-refractivity contribution in [2.24, 2.45) is 5.92 Å². The van der Waals surface area contributed by atoms with E-state index in [0.717, 1.165) is 0 Å². The van der Waals surface area contributed by atoms with E-state index in [1.54, 1.807) is 98.1 Å². The van der Waals surface area contributed by atoms with Gasteiger partial charge in [0.1, 0.15) is 17.2 Å². The maximum Gasteiger partial charge on any atom is 0.328 e. The van der Waals surface area contributed by atoms with Gasteiger partial charge in [-0.3, -0.25) is 14.4 Å². The number of carbonyl (C=O) groups is 3. The lowest BCUT2D eigenvalue weighted by molar-refractivity contribution is -0.153. The summed E-state index contributed by atoms with van der Waals surface area (Å²) >= 11 is 0. The van der Waals surface area contributed by atoms with E-state index in [-0.39, 0.29) is 5.91 Å². The molecule has 1 amide bonds. The minimum absolute atomic E-state index is 0.294. The van der Waals surface area contributed by atoms with Crippen LogP contribution in [0.4, 0.5) is 0 Å². The predicted octanol–water partition coefficient (Wildman–Crippen LogP) is 4.29. The molecule has 1 heterocycles. The number of hydrogen-bond donors (Lipinski definition) is 0. The Morgan fingerprint density at radius 3 is 1.83 bits per heavy atom. The molecule has 0 N–H and O–H groups in total. The van der Waals surface area contributed by atoms with Gasteiger partial charge in [-0.25, -0.2) is 0 Å². The van der Waals surface area contributed by atoms with E-state index in [1.165, 1.54) is 4.90 Å². The molecule has 35 heavy (non-hydrogen) atoms. The molecule has 7 nitrogen and oxygen atoms in total. The van der Waals surface area contributed by atoms with Gasteiger partial charge >= 0.3 is 11.9 Å².